The number of terminal acetylenes is 3. The van der Waals surface area contributed by atoms with Crippen LogP contribution in [0.3, 0.4) is 0 Å². The van der Waals surface area contributed by atoms with Crippen molar-refractivity contribution in [3.63, 3.8) is 0 Å². The van der Waals surface area contributed by atoms with E-state index in [1.807, 2.05) is 21.1 Å². The summed E-state index contributed by atoms with van der Waals surface area (Å²) in [6.07, 6.45) is 15.3. The summed E-state index contributed by atoms with van der Waals surface area (Å²) in [5, 5.41) is 0. The van der Waals surface area contributed by atoms with Gasteiger partial charge in [-0.1, -0.05) is 17.8 Å². The van der Waals surface area contributed by atoms with Gasteiger partial charge in [0.15, 0.2) is 0 Å². The third kappa shape index (κ3) is 15.9. The number of hydrogen-bond acceptors (Lipinski definition) is 7. The number of phosphoric acid groups is 1. The van der Waals surface area contributed by atoms with Gasteiger partial charge >= 0.3 is 13.9 Å². The summed E-state index contributed by atoms with van der Waals surface area (Å²) in [5.41, 5.74) is -0.811. The fraction of sp³-hybridized carbons (Fsp3) is 0.640. The summed E-state index contributed by atoms with van der Waals surface area (Å²) < 4.78 is 27.8. The van der Waals surface area contributed by atoms with E-state index < -0.39 is 44.4 Å². The van der Waals surface area contributed by atoms with Crippen LogP contribution in [0.15, 0.2) is 0 Å². The van der Waals surface area contributed by atoms with Gasteiger partial charge in [0.2, 0.25) is 11.8 Å². The van der Waals surface area contributed by atoms with Crippen molar-refractivity contribution in [3.8, 4) is 37.0 Å². The topological polar surface area (TPSA) is 126 Å². The van der Waals surface area contributed by atoms with Gasteiger partial charge in [-0.2, -0.15) is 0 Å². The number of phosphoric ester groups is 1. The molecule has 0 rings (SSSR count). The van der Waals surface area contributed by atoms with Gasteiger partial charge in [-0.05, 0) is 20.8 Å². The largest absolute Gasteiger partial charge is 0.472 e. The lowest BCUT2D eigenvalue weighted by atomic mass is 10.2. The van der Waals surface area contributed by atoms with Gasteiger partial charge in [-0.3, -0.25) is 23.5 Å². The minimum atomic E-state index is -4.34. The van der Waals surface area contributed by atoms with Crippen LogP contribution in [0.4, 0.5) is 4.79 Å². The molecule has 0 bridgehead atoms. The molecule has 0 aromatic carbocycles. The average Bonchev–Trinajstić information content (AvgIpc) is 2.75. The summed E-state index contributed by atoms with van der Waals surface area (Å²) >= 11 is 0. The predicted octanol–water partition coefficient (Wildman–Crippen LogP) is 0.620. The number of carbonyl (C=O) groups excluding carboxylic acids is 3. The molecular weight excluding hydrogens is 515 g/mol. The fourth-order valence-corrected chi connectivity index (χ4v) is 3.33. The summed E-state index contributed by atoms with van der Waals surface area (Å²) in [7, 11) is 1.35. The van der Waals surface area contributed by atoms with E-state index in [1.165, 1.54) is 0 Å². The first-order valence-electron chi connectivity index (χ1n) is 11.7. The van der Waals surface area contributed by atoms with Gasteiger partial charge in [0.25, 0.3) is 0 Å². The second kappa shape index (κ2) is 16.0. The number of quaternary nitrogens is 1. The van der Waals surface area contributed by atoms with E-state index in [1.54, 1.807) is 20.8 Å². The molecule has 0 aliphatic rings. The lowest BCUT2D eigenvalue weighted by Gasteiger charge is -2.29. The number of amides is 3. The maximum atomic E-state index is 12.9. The first-order valence-corrected chi connectivity index (χ1v) is 13.2. The molecule has 1 atom stereocenters. The van der Waals surface area contributed by atoms with E-state index in [0.29, 0.717) is 11.0 Å². The van der Waals surface area contributed by atoms with Crippen LogP contribution in [0, 0.1) is 37.0 Å². The Morgan fingerprint density at radius 1 is 0.842 bits per heavy atom. The second-order valence-electron chi connectivity index (χ2n) is 10.2. The average molecular weight is 556 g/mol. The molecule has 38 heavy (non-hydrogen) atoms. The van der Waals surface area contributed by atoms with Crippen molar-refractivity contribution in [2.24, 2.45) is 0 Å². The molecule has 212 valence electrons. The highest BCUT2D eigenvalue weighted by atomic mass is 31.2. The molecule has 1 unspecified atom stereocenters. The van der Waals surface area contributed by atoms with Gasteiger partial charge in [0.1, 0.15) is 31.8 Å². The van der Waals surface area contributed by atoms with Crippen molar-refractivity contribution in [1.29, 1.82) is 0 Å². The van der Waals surface area contributed by atoms with Crippen LogP contribution < -0.4 is 0 Å². The number of rotatable bonds is 15. The van der Waals surface area contributed by atoms with Gasteiger partial charge < -0.3 is 23.9 Å². The van der Waals surface area contributed by atoms with Gasteiger partial charge in [0, 0.05) is 6.54 Å². The fourth-order valence-electron chi connectivity index (χ4n) is 2.63. The van der Waals surface area contributed by atoms with E-state index in [4.69, 9.17) is 33.1 Å². The molecule has 0 radical (unpaired) electrons. The standard InChI is InChI=1S/C25H39N4O8P/c1-10-13-26(16-18-35-38(33,34)36-19-17-29(7,8)9)22(30)20-27(14-11-2)23(31)21-28(15-12-3)24(32)37-25(4,5)6/h1-3H,13-21H2,4-9H3/p+1. The number of carbonyl (C=O) groups is 3. The van der Waals surface area contributed by atoms with Crippen molar-refractivity contribution in [2.45, 2.75) is 26.4 Å². The molecule has 12 nitrogen and oxygen atoms in total. The van der Waals surface area contributed by atoms with Gasteiger partial charge in [0.05, 0.1) is 47.4 Å². The van der Waals surface area contributed by atoms with E-state index in [-0.39, 0.29) is 39.4 Å². The molecule has 0 fully saturated rings. The zero-order valence-corrected chi connectivity index (χ0v) is 24.0. The Balaban J connectivity index is 5.22. The zero-order chi connectivity index (χ0) is 29.6. The zero-order valence-electron chi connectivity index (χ0n) is 23.1. The number of ether oxygens (including phenoxy) is 1. The number of hydrogen-bond donors (Lipinski definition) is 1. The lowest BCUT2D eigenvalue weighted by Crippen LogP contribution is -2.48. The van der Waals surface area contributed by atoms with Crippen LogP contribution in [0.2, 0.25) is 0 Å². The van der Waals surface area contributed by atoms with Gasteiger partial charge in [-0.25, -0.2) is 9.36 Å². The van der Waals surface area contributed by atoms with Crippen LogP contribution in [0.1, 0.15) is 20.8 Å². The van der Waals surface area contributed by atoms with Crippen LogP contribution in [-0.2, 0) is 27.9 Å². The molecule has 0 aliphatic carbocycles. The summed E-state index contributed by atoms with van der Waals surface area (Å²) in [6, 6.07) is 0. The Kier molecular flexibility index (Phi) is 14.8. The molecule has 13 heteroatoms. The third-order valence-electron chi connectivity index (χ3n) is 4.49. The van der Waals surface area contributed by atoms with E-state index in [9.17, 15) is 23.8 Å². The number of nitrogens with zero attached hydrogens (tertiary/aromatic N) is 4. The van der Waals surface area contributed by atoms with Crippen LogP contribution in [0.25, 0.3) is 0 Å². The smallest absolute Gasteiger partial charge is 0.444 e. The van der Waals surface area contributed by atoms with Crippen LogP contribution in [-0.4, -0.2) is 128 Å². The quantitative estimate of drug-likeness (QED) is 0.177. The summed E-state index contributed by atoms with van der Waals surface area (Å²) in [5.74, 6) is 5.68. The van der Waals surface area contributed by atoms with Crippen molar-refractivity contribution < 1.29 is 42.1 Å². The first kappa shape index (κ1) is 35.0. The monoisotopic (exact) mass is 555 g/mol. The maximum absolute atomic E-state index is 12.9. The molecule has 3 amide bonds. The van der Waals surface area contributed by atoms with Crippen molar-refractivity contribution in [3.05, 3.63) is 0 Å². The van der Waals surface area contributed by atoms with Crippen molar-refractivity contribution in [1.82, 2.24) is 14.7 Å². The van der Waals surface area contributed by atoms with Crippen LogP contribution in [0.5, 0.6) is 0 Å². The first-order chi connectivity index (χ1) is 17.4. The Bertz CT molecular complexity index is 982. The molecule has 0 heterocycles. The molecule has 0 saturated carbocycles. The van der Waals surface area contributed by atoms with E-state index in [0.717, 1.165) is 14.7 Å². The maximum Gasteiger partial charge on any atom is 0.472 e. The SMILES string of the molecule is C#CCN(CCOP(=O)(O)OCC[N+](C)(C)C)C(=O)CN(CC#C)C(=O)CN(CC#C)C(=O)OC(C)(C)C. The van der Waals surface area contributed by atoms with Crippen molar-refractivity contribution in [2.75, 3.05) is 80.2 Å². The van der Waals surface area contributed by atoms with Gasteiger partial charge in [-0.15, -0.1) is 19.3 Å². The highest BCUT2D eigenvalue weighted by Gasteiger charge is 2.28. The number of likely N-dealkylation sites (N-methyl/N-ethyl adjacent to an activating group) is 1. The van der Waals surface area contributed by atoms with Crippen LogP contribution >= 0.6 is 7.82 Å². The molecule has 0 aromatic heterocycles. The molecule has 0 saturated heterocycles. The third-order valence-corrected chi connectivity index (χ3v) is 5.51. The van der Waals surface area contributed by atoms with E-state index in [2.05, 4.69) is 17.8 Å². The molecular formula is C25H40N4O8P+. The Morgan fingerprint density at radius 3 is 1.79 bits per heavy atom. The summed E-state index contributed by atoms with van der Waals surface area (Å²) in [4.78, 5) is 51.3. The van der Waals surface area contributed by atoms with Crippen molar-refractivity contribution >= 4 is 25.7 Å². The Hall–Kier alpha value is -3.04. The highest BCUT2D eigenvalue weighted by Crippen LogP contribution is 2.42. The highest BCUT2D eigenvalue weighted by molar-refractivity contribution is 7.47. The normalized spacial score (nSPS) is 12.7. The minimum Gasteiger partial charge on any atom is -0.444 e. The lowest BCUT2D eigenvalue weighted by molar-refractivity contribution is -0.870. The second-order valence-corrected chi connectivity index (χ2v) is 11.6. The molecule has 0 aliphatic heterocycles. The predicted molar refractivity (Wildman–Crippen MR) is 142 cm³/mol. The molecule has 0 aromatic rings. The Labute approximate surface area is 226 Å². The minimum absolute atomic E-state index is 0.00652. The van der Waals surface area contributed by atoms with E-state index >= 15 is 0 Å². The summed E-state index contributed by atoms with van der Waals surface area (Å²) in [6.45, 7) is 3.47. The molecule has 1 N–H and O–H groups in total. The Morgan fingerprint density at radius 2 is 1.29 bits per heavy atom. The molecule has 0 spiro atoms.